The van der Waals surface area contributed by atoms with Crippen molar-refractivity contribution in [2.75, 3.05) is 54.3 Å². The average Bonchev–Trinajstić information content (AvgIpc) is 3.56. The first kappa shape index (κ1) is 43.3. The van der Waals surface area contributed by atoms with Crippen molar-refractivity contribution in [3.05, 3.63) is 28.6 Å². The monoisotopic (exact) mass is 794 g/mol. The van der Waals surface area contributed by atoms with Gasteiger partial charge in [-0.25, -0.2) is 9.38 Å². The summed E-state index contributed by atoms with van der Waals surface area (Å²) in [6.07, 6.45) is 8.17. The van der Waals surface area contributed by atoms with E-state index in [1.54, 1.807) is 0 Å². The number of aromatic nitrogens is 5. The second kappa shape index (κ2) is 18.3. The summed E-state index contributed by atoms with van der Waals surface area (Å²) in [6.45, 7) is 15.3. The fourth-order valence-electron chi connectivity index (χ4n) is 4.82. The van der Waals surface area contributed by atoms with Crippen molar-refractivity contribution in [2.45, 2.75) is 77.7 Å². The molecule has 0 fully saturated rings. The largest absolute Gasteiger partial charge is 0.481 e. The number of thioether (sulfide) groups is 1. The van der Waals surface area contributed by atoms with Gasteiger partial charge >= 0.3 is 5.97 Å². The lowest BCUT2D eigenvalue weighted by atomic mass is 9.92. The number of halogens is 1. The summed E-state index contributed by atoms with van der Waals surface area (Å²) in [5, 5.41) is 15.3. The molecule has 5 rings (SSSR count). The van der Waals surface area contributed by atoms with Crippen molar-refractivity contribution in [1.82, 2.24) is 23.9 Å². The maximum Gasteiger partial charge on any atom is 0.320 e. The number of carbonyl (C=O) groups excluding carboxylic acids is 1. The number of ether oxygens (including phenoxy) is 1. The van der Waals surface area contributed by atoms with Gasteiger partial charge in [-0.05, 0) is 51.9 Å². The Labute approximate surface area is 316 Å². The molecule has 0 radical (unpaired) electrons. The van der Waals surface area contributed by atoms with Crippen molar-refractivity contribution in [3.63, 3.8) is 0 Å². The number of benzene rings is 1. The van der Waals surface area contributed by atoms with Gasteiger partial charge in [0.2, 0.25) is 16.7 Å². The van der Waals surface area contributed by atoms with Crippen LogP contribution in [0.4, 0.5) is 27.7 Å². The Morgan fingerprint density at radius 1 is 1.30 bits per heavy atom. The summed E-state index contributed by atoms with van der Waals surface area (Å²) in [6, 6.07) is 1.72. The summed E-state index contributed by atoms with van der Waals surface area (Å²) >= 11 is 2.75. The molecule has 6 N–H and O–H groups in total. The van der Waals surface area contributed by atoms with Crippen LogP contribution in [0, 0.1) is 23.6 Å². The summed E-state index contributed by atoms with van der Waals surface area (Å²) in [5.41, 5.74) is 5.71. The number of anilines is 3. The van der Waals surface area contributed by atoms with Crippen LogP contribution in [0.5, 0.6) is 5.75 Å². The zero-order valence-corrected chi connectivity index (χ0v) is 33.7. The van der Waals surface area contributed by atoms with Crippen LogP contribution in [0.15, 0.2) is 22.3 Å². The molecule has 2 aliphatic rings. The molecular weight excluding hydrogens is 747 g/mol. The van der Waals surface area contributed by atoms with Crippen LogP contribution in [0.1, 0.15) is 53.8 Å². The van der Waals surface area contributed by atoms with E-state index in [-0.39, 0.29) is 48.3 Å². The van der Waals surface area contributed by atoms with E-state index < -0.39 is 25.2 Å². The minimum absolute atomic E-state index is 0.0412. The molecule has 0 aliphatic carbocycles. The molecule has 0 saturated heterocycles. The fraction of sp³-hybridized carbons (Fsp3) is 0.545. The van der Waals surface area contributed by atoms with Crippen LogP contribution in [0.25, 0.3) is 0 Å². The first-order valence-corrected chi connectivity index (χ1v) is 20.8. The van der Waals surface area contributed by atoms with E-state index in [1.807, 2.05) is 17.7 Å². The normalized spacial score (nSPS) is 16.3. The minimum atomic E-state index is -3.10. The lowest BCUT2D eigenvalue weighted by Gasteiger charge is -2.28. The zero-order chi connectivity index (χ0) is 39.7. The maximum atomic E-state index is 14.5. The van der Waals surface area contributed by atoms with Crippen LogP contribution in [-0.4, -0.2) is 96.1 Å². The van der Waals surface area contributed by atoms with Gasteiger partial charge in [0.15, 0.2) is 24.9 Å². The highest BCUT2D eigenvalue weighted by Crippen LogP contribution is 2.38. The SMILES string of the molecule is C#CCN1C(=O)COc2cc(F)c(N=c3snc4n3CC(C)(C)C4)cc21.CCNc1nc(NC(C)(C)C)nc(SC)n1.CP(=O)(O)CCC(N)C(=O)O. The van der Waals surface area contributed by atoms with E-state index in [4.69, 9.17) is 26.9 Å². The molecule has 0 saturated carbocycles. The standard InChI is InChI=1S/C18H17FN4O2S.C10H19N5S.C5H12NO4P/c1-4-5-22-13-7-12(11(19)6-14(13)25-9-16(22)24)20-17-23-10-18(2,3)8-15(23)21-26-17;1-6-11-7-12-8(15-10(2,3)4)14-9(13-7)16-5;1-11(9,10)3-2-4(6)5(7)8/h1,6-7H,5,8-10H2,2-3H3;6H2,1-5H3,(H2,11,12,13,14,15);4H,2-3,6H2,1H3,(H,7,8)(H,9,10). The number of hydrogen-bond acceptors (Lipinski definition) is 14. The number of carboxylic acids is 1. The Hall–Kier alpha value is -4.08. The van der Waals surface area contributed by atoms with Gasteiger partial charge in [0.1, 0.15) is 23.3 Å². The number of fused-ring (bicyclic) bond motifs is 2. The first-order valence-electron chi connectivity index (χ1n) is 16.6. The highest BCUT2D eigenvalue weighted by Gasteiger charge is 2.31. The number of carbonyl (C=O) groups is 2. The molecule has 20 heteroatoms. The molecule has 4 heterocycles. The summed E-state index contributed by atoms with van der Waals surface area (Å²) in [7, 11) is -3.10. The molecule has 53 heavy (non-hydrogen) atoms. The first-order chi connectivity index (χ1) is 24.6. The second-order valence-corrected chi connectivity index (χ2v) is 18.1. The number of carboxylic acid groups (broad SMARTS) is 1. The lowest BCUT2D eigenvalue weighted by Crippen LogP contribution is -2.39. The third kappa shape index (κ3) is 13.4. The van der Waals surface area contributed by atoms with Gasteiger partial charge < -0.3 is 35.7 Å². The molecule has 16 nitrogen and oxygen atoms in total. The van der Waals surface area contributed by atoms with E-state index in [1.165, 1.54) is 47.0 Å². The van der Waals surface area contributed by atoms with Gasteiger partial charge in [0, 0.05) is 55.5 Å². The Morgan fingerprint density at radius 3 is 2.57 bits per heavy atom. The maximum absolute atomic E-state index is 14.5. The number of nitrogens with zero attached hydrogens (tertiary/aromatic N) is 7. The van der Waals surface area contributed by atoms with Crippen LogP contribution in [0.3, 0.4) is 0 Å². The van der Waals surface area contributed by atoms with Crippen molar-refractivity contribution in [2.24, 2.45) is 16.1 Å². The predicted octanol–water partition coefficient (Wildman–Crippen LogP) is 4.18. The molecule has 2 atom stereocenters. The highest BCUT2D eigenvalue weighted by molar-refractivity contribution is 7.98. The van der Waals surface area contributed by atoms with Gasteiger partial charge in [-0.1, -0.05) is 31.5 Å². The van der Waals surface area contributed by atoms with Crippen molar-refractivity contribution >= 4 is 65.8 Å². The van der Waals surface area contributed by atoms with E-state index in [2.05, 4.69) is 75.5 Å². The molecule has 2 aromatic heterocycles. The molecule has 3 aromatic rings. The Morgan fingerprint density at radius 2 is 1.98 bits per heavy atom. The average molecular weight is 795 g/mol. The van der Waals surface area contributed by atoms with Gasteiger partial charge in [0.05, 0.1) is 12.2 Å². The molecule has 1 amide bonds. The topological polar surface area (TPSA) is 223 Å². The van der Waals surface area contributed by atoms with Crippen LogP contribution >= 0.6 is 30.7 Å². The van der Waals surface area contributed by atoms with Gasteiger partial charge in [0.25, 0.3) is 5.91 Å². The molecule has 0 bridgehead atoms. The number of amides is 1. The molecule has 0 spiro atoms. The molecule has 290 valence electrons. The third-order valence-corrected chi connectivity index (χ3v) is 9.64. The number of aliphatic carboxylic acids is 1. The van der Waals surface area contributed by atoms with Crippen LogP contribution in [0.2, 0.25) is 0 Å². The van der Waals surface area contributed by atoms with E-state index in [0.29, 0.717) is 28.1 Å². The van der Waals surface area contributed by atoms with Crippen molar-refractivity contribution in [3.8, 4) is 18.1 Å². The number of hydrogen-bond donors (Lipinski definition) is 5. The quantitative estimate of drug-likeness (QED) is 0.110. The molecule has 2 unspecified atom stereocenters. The van der Waals surface area contributed by atoms with E-state index >= 15 is 0 Å². The summed E-state index contributed by atoms with van der Waals surface area (Å²) in [4.78, 5) is 50.3. The van der Waals surface area contributed by atoms with Gasteiger partial charge in [-0.3, -0.25) is 19.1 Å². The number of nitrogens with two attached hydrogens (primary N) is 1. The van der Waals surface area contributed by atoms with Crippen LogP contribution in [-0.2, 0) is 27.1 Å². The Balaban J connectivity index is 0.000000240. The van der Waals surface area contributed by atoms with Gasteiger partial charge in [-0.15, -0.1) is 6.42 Å². The Kier molecular flexibility index (Phi) is 15.0. The van der Waals surface area contributed by atoms with Gasteiger partial charge in [-0.2, -0.15) is 19.3 Å². The summed E-state index contributed by atoms with van der Waals surface area (Å²) < 4.78 is 37.0. The zero-order valence-electron chi connectivity index (χ0n) is 31.1. The Bertz CT molecular complexity index is 1940. The smallest absolute Gasteiger partial charge is 0.320 e. The number of terminal acetylenes is 1. The van der Waals surface area contributed by atoms with Crippen molar-refractivity contribution < 1.29 is 33.3 Å². The molecule has 2 aliphatic heterocycles. The second-order valence-electron chi connectivity index (χ2n) is 14.0. The van der Waals surface area contributed by atoms with E-state index in [0.717, 1.165) is 30.5 Å². The summed E-state index contributed by atoms with van der Waals surface area (Å²) in [5.74, 6) is 3.01. The molecule has 1 aromatic carbocycles. The van der Waals surface area contributed by atoms with Crippen LogP contribution < -0.4 is 30.8 Å². The minimum Gasteiger partial charge on any atom is -0.481 e. The number of nitrogens with one attached hydrogen (secondary N) is 2. The number of rotatable bonds is 10. The highest BCUT2D eigenvalue weighted by atomic mass is 32.2. The third-order valence-electron chi connectivity index (χ3n) is 7.23. The fourth-order valence-corrected chi connectivity index (χ4v) is 6.69. The van der Waals surface area contributed by atoms with E-state index in [9.17, 15) is 18.5 Å². The predicted molar refractivity (Wildman–Crippen MR) is 206 cm³/mol. The molecular formula is C33H48FN10O6PS2. The van der Waals surface area contributed by atoms with Crippen molar-refractivity contribution in [1.29, 1.82) is 0 Å². The lowest BCUT2D eigenvalue weighted by molar-refractivity contribution is -0.138.